The molecule has 0 saturated carbocycles. The lowest BCUT2D eigenvalue weighted by Gasteiger charge is -2.30. The van der Waals surface area contributed by atoms with E-state index in [1.165, 1.54) is 11.3 Å². The number of hydrogen-bond donors (Lipinski definition) is 0. The summed E-state index contributed by atoms with van der Waals surface area (Å²) in [5, 5.41) is 92.3. The Morgan fingerprint density at radius 2 is 0.495 bits per heavy atom. The van der Waals surface area contributed by atoms with E-state index in [1.807, 2.05) is 182 Å². The number of thiazole rings is 1. The normalized spacial score (nSPS) is 11.3. The third-order valence-electron chi connectivity index (χ3n) is 18.8. The largest absolute Gasteiger partial charge is 0.306 e. The van der Waals surface area contributed by atoms with Crippen LogP contribution >= 0.6 is 11.3 Å². The average molecular weight is 1300 g/mol. The monoisotopic (exact) mass is 1300 g/mol. The van der Waals surface area contributed by atoms with Gasteiger partial charge in [-0.25, -0.2) is 19.9 Å². The van der Waals surface area contributed by atoms with Crippen molar-refractivity contribution in [3.63, 3.8) is 0 Å². The summed E-state index contributed by atoms with van der Waals surface area (Å²) in [6.45, 7) is 0. The van der Waals surface area contributed by atoms with Crippen molar-refractivity contribution in [2.24, 2.45) is 0 Å². The van der Waals surface area contributed by atoms with Crippen LogP contribution in [0.25, 0.3) is 165 Å². The van der Waals surface area contributed by atoms with Gasteiger partial charge in [0.25, 0.3) is 0 Å². The number of nitrogens with zero attached hydrogens (tertiary/aromatic N) is 16. The molecule has 0 aliphatic heterocycles. The van der Waals surface area contributed by atoms with E-state index in [0.717, 1.165) is 4.70 Å². The van der Waals surface area contributed by atoms with Crippen molar-refractivity contribution in [1.82, 2.24) is 38.2 Å². The number of fused-ring (bicyclic) bond motifs is 13. The van der Waals surface area contributed by atoms with E-state index in [0.29, 0.717) is 199 Å². The van der Waals surface area contributed by atoms with E-state index in [2.05, 4.69) is 66.8 Å². The van der Waals surface area contributed by atoms with Gasteiger partial charge in [-0.3, -0.25) is 0 Å². The number of aromatic nitrogens is 8. The van der Waals surface area contributed by atoms with Gasteiger partial charge in [0.15, 0.2) is 17.5 Å². The van der Waals surface area contributed by atoms with Crippen molar-refractivity contribution < 1.29 is 0 Å². The van der Waals surface area contributed by atoms with Crippen LogP contribution in [0.4, 0.5) is 0 Å². The Kier molecular flexibility index (Phi) is 13.1. The molecule has 0 unspecified atom stereocenters. The van der Waals surface area contributed by atoms with Gasteiger partial charge in [0.1, 0.15) is 5.01 Å². The first-order valence-electron chi connectivity index (χ1n) is 31.7. The molecule has 6 heterocycles. The highest BCUT2D eigenvalue weighted by molar-refractivity contribution is 7.21. The van der Waals surface area contributed by atoms with Crippen LogP contribution < -0.4 is 0 Å². The maximum Gasteiger partial charge on any atom is 0.168 e. The van der Waals surface area contributed by atoms with Crippen molar-refractivity contribution in [3.8, 4) is 116 Å². The molecule has 18 rings (SSSR count). The Morgan fingerprint density at radius 3 is 0.762 bits per heavy atom. The molecule has 6 aromatic heterocycles. The molecule has 12 aromatic carbocycles. The first-order valence-corrected chi connectivity index (χ1v) is 32.5. The zero-order valence-corrected chi connectivity index (χ0v) is 53.3. The number of para-hydroxylation sites is 1. The molecule has 101 heavy (non-hydrogen) atoms. The smallest absolute Gasteiger partial charge is 0.168 e. The number of rotatable bonds is 8. The second-order valence-corrected chi connectivity index (χ2v) is 25.3. The summed E-state index contributed by atoms with van der Waals surface area (Å²) in [4.78, 5) is 22.7. The number of hydrogen-bond acceptors (Lipinski definition) is 13. The predicted molar refractivity (Wildman–Crippen MR) is 390 cm³/mol. The second-order valence-electron chi connectivity index (χ2n) is 24.3. The van der Waals surface area contributed by atoms with Gasteiger partial charge in [-0.15, -0.1) is 11.3 Å². The van der Waals surface area contributed by atoms with Crippen molar-refractivity contribution in [2.75, 3.05) is 0 Å². The minimum Gasteiger partial charge on any atom is -0.306 e. The van der Waals surface area contributed by atoms with Gasteiger partial charge >= 0.3 is 0 Å². The highest BCUT2D eigenvalue weighted by Gasteiger charge is 2.38. The second kappa shape index (κ2) is 22.7. The zero-order valence-electron chi connectivity index (χ0n) is 52.5. The number of benzene rings is 12. The van der Waals surface area contributed by atoms with Gasteiger partial charge in [-0.05, 0) is 158 Å². The van der Waals surface area contributed by atoms with Gasteiger partial charge < -0.3 is 18.3 Å². The van der Waals surface area contributed by atoms with Gasteiger partial charge in [0.05, 0.1) is 181 Å². The van der Waals surface area contributed by atoms with Crippen LogP contribution in [0.3, 0.4) is 0 Å². The van der Waals surface area contributed by atoms with Gasteiger partial charge in [-0.1, -0.05) is 72.8 Å². The van der Waals surface area contributed by atoms with Gasteiger partial charge in [0.2, 0.25) is 0 Å². The fourth-order valence-corrected chi connectivity index (χ4v) is 15.5. The topological polar surface area (TPSA) is 262 Å². The summed E-state index contributed by atoms with van der Waals surface area (Å²) in [5.41, 5.74) is 12.4. The lowest BCUT2D eigenvalue weighted by molar-refractivity contribution is 1.02. The third-order valence-corrected chi connectivity index (χ3v) is 19.9. The Bertz CT molecular complexity index is 6430. The van der Waals surface area contributed by atoms with E-state index >= 15 is 0 Å². The van der Waals surface area contributed by atoms with Crippen LogP contribution in [0.5, 0.6) is 0 Å². The van der Waals surface area contributed by atoms with Gasteiger partial charge in [0, 0.05) is 54.2 Å². The van der Waals surface area contributed by atoms with E-state index in [4.69, 9.17) is 19.9 Å². The molecule has 0 saturated heterocycles. The molecule has 16 nitrogen and oxygen atoms in total. The molecule has 0 fully saturated rings. The lowest BCUT2D eigenvalue weighted by atomic mass is 9.96. The molecule has 0 atom stereocenters. The molecule has 17 heteroatoms. The fraction of sp³-hybridized carbons (Fsp3) is 0. The molecule has 18 aromatic rings. The molecule has 0 aliphatic carbocycles. The lowest BCUT2D eigenvalue weighted by Crippen LogP contribution is -2.17. The summed E-state index contributed by atoms with van der Waals surface area (Å²) in [5.74, 6) is 0.756. The molecular weight excluding hydrogens is 1270 g/mol. The van der Waals surface area contributed by atoms with Crippen LogP contribution in [-0.2, 0) is 0 Å². The molecule has 460 valence electrons. The molecule has 0 spiro atoms. The Hall–Kier alpha value is -15.3. The SMILES string of the molecule is N#Cc1ccc2c(c1)c1cc(C#N)ccc1n2-c1c(-c2nc(-c3ccccc3)nc(-c3ccccc3)n2)c(-n2c3ccc(C#N)cc3c3cc(C#N)ccc32)c(-n2c3ccc(C#N)cc3c3cc(C#N)ccc32)c(-c2nc3ccccc3s2)c1-n1c2ccc(C#N)cc2c2cc(C#N)ccc21. The molecular formula is C84H38N16S. The maximum absolute atomic E-state index is 10.9. The van der Waals surface area contributed by atoms with E-state index in [9.17, 15) is 42.1 Å². The first-order chi connectivity index (χ1) is 49.7. The standard InChI is InChI=1S/C84H38N16S/c85-39-47-15-23-66-57(31-47)58-32-48(40-86)16-24-67(58)97(66)77-75(83-95-81(55-9-3-1-4-10-55)94-82(96-83)56-11-5-2-6-12-56)78(98-68-25-17-49(41-87)33-59(68)60-34-50(42-88)18-26-69(60)98)80(100-72-29-21-53(45-91)37-63(72)64-38-54(46-92)22-30-73(64)100)76(84-93-65-13-7-8-14-74(65)101-84)79(77)99-70-27-19-51(43-89)35-61(70)62-36-52(44-90)20-28-71(62)99/h1-38H. The average Bonchev–Trinajstić information content (AvgIpc) is 1.58. The summed E-state index contributed by atoms with van der Waals surface area (Å²) in [6, 6.07) is 90.2. The quantitative estimate of drug-likeness (QED) is 0.137. The molecule has 0 bridgehead atoms. The summed E-state index contributed by atoms with van der Waals surface area (Å²) < 4.78 is 9.42. The van der Waals surface area contributed by atoms with Crippen molar-refractivity contribution in [3.05, 3.63) is 275 Å². The highest BCUT2D eigenvalue weighted by atomic mass is 32.1. The van der Waals surface area contributed by atoms with E-state index < -0.39 is 0 Å². The van der Waals surface area contributed by atoms with E-state index in [-0.39, 0.29) is 5.82 Å². The molecule has 0 aliphatic rings. The van der Waals surface area contributed by atoms with Crippen LogP contribution in [0, 0.1) is 90.6 Å². The van der Waals surface area contributed by atoms with Crippen LogP contribution in [0.15, 0.2) is 231 Å². The van der Waals surface area contributed by atoms with Crippen LogP contribution in [0.1, 0.15) is 44.5 Å². The first kappa shape index (κ1) is 58.3. The summed E-state index contributed by atoms with van der Waals surface area (Å²) in [7, 11) is 0. The third kappa shape index (κ3) is 8.85. The molecule has 0 radical (unpaired) electrons. The van der Waals surface area contributed by atoms with Crippen LogP contribution in [0.2, 0.25) is 0 Å². The summed E-state index contributed by atoms with van der Waals surface area (Å²) >= 11 is 1.45. The van der Waals surface area contributed by atoms with Gasteiger partial charge in [-0.2, -0.15) is 42.1 Å². The molecule has 0 amide bonds. The minimum atomic E-state index is 0.147. The summed E-state index contributed by atoms with van der Waals surface area (Å²) in [6.07, 6.45) is 0. The maximum atomic E-state index is 10.9. The van der Waals surface area contributed by atoms with Crippen molar-refractivity contribution in [2.45, 2.75) is 0 Å². The van der Waals surface area contributed by atoms with E-state index in [1.54, 1.807) is 48.5 Å². The fourth-order valence-electron chi connectivity index (χ4n) is 14.5. The Balaban J connectivity index is 1.25. The number of nitriles is 8. The van der Waals surface area contributed by atoms with Crippen LogP contribution in [-0.4, -0.2) is 38.2 Å². The minimum absolute atomic E-state index is 0.147. The zero-order chi connectivity index (χ0) is 68.3. The predicted octanol–water partition coefficient (Wildman–Crippen LogP) is 18.5. The Morgan fingerprint density at radius 1 is 0.248 bits per heavy atom. The molecule has 0 N–H and O–H groups in total. The highest BCUT2D eigenvalue weighted by Crippen LogP contribution is 2.56. The van der Waals surface area contributed by atoms with Crippen molar-refractivity contribution >= 4 is 109 Å². The van der Waals surface area contributed by atoms with Crippen molar-refractivity contribution in [1.29, 1.82) is 42.1 Å². The Labute approximate surface area is 576 Å².